The number of aromatic nitrogens is 4. The molecular weight excluding hydrogens is 511 g/mol. The lowest BCUT2D eigenvalue weighted by atomic mass is 10.1. The molecule has 126 valence electrons. The summed E-state index contributed by atoms with van der Waals surface area (Å²) in [4.78, 5) is 4.54. The van der Waals surface area contributed by atoms with Gasteiger partial charge in [0.15, 0.2) is 5.65 Å². The molecule has 0 fully saturated rings. The smallest absolute Gasteiger partial charge is 0.151 e. The second-order valence-corrected chi connectivity index (χ2v) is 8.29. The van der Waals surface area contributed by atoms with Gasteiger partial charge in [0.05, 0.1) is 5.69 Å². The van der Waals surface area contributed by atoms with Crippen LogP contribution in [0.4, 0.5) is 0 Å². The molecule has 7 heteroatoms. The van der Waals surface area contributed by atoms with Crippen molar-refractivity contribution in [2.75, 3.05) is 0 Å². The van der Waals surface area contributed by atoms with Gasteiger partial charge in [-0.05, 0) is 40.0 Å². The topological polar surface area (TPSA) is 35.6 Å². The first kappa shape index (κ1) is 17.1. The number of rotatable bonds is 5. The van der Waals surface area contributed by atoms with Crippen LogP contribution in [0.5, 0.6) is 0 Å². The van der Waals surface area contributed by atoms with Gasteiger partial charge in [0.1, 0.15) is 0 Å². The number of nitrogens with zero attached hydrogens (tertiary/aromatic N) is 4. The Morgan fingerprint density at radius 1 is 1.16 bits per heavy atom. The number of halogens is 2. The number of hydrogen-bond acceptors (Lipinski definition) is 3. The van der Waals surface area contributed by atoms with E-state index < -0.39 is 0 Å². The average molecular weight is 525 g/mol. The molecule has 0 spiro atoms. The Balaban J connectivity index is 1.64. The lowest BCUT2D eigenvalue weighted by Crippen LogP contribution is -2.01. The monoisotopic (exact) mass is 524 g/mol. The van der Waals surface area contributed by atoms with Gasteiger partial charge in [0.25, 0.3) is 0 Å². The number of benzene rings is 1. The summed E-state index contributed by atoms with van der Waals surface area (Å²) in [6.45, 7) is 0.867. The van der Waals surface area contributed by atoms with Crippen LogP contribution >= 0.6 is 46.3 Å². The van der Waals surface area contributed by atoms with Crippen molar-refractivity contribution in [2.45, 2.75) is 13.0 Å². The Bertz CT molecular complexity index is 1010. The molecule has 4 aromatic rings. The van der Waals surface area contributed by atoms with E-state index >= 15 is 0 Å². The second kappa shape index (κ2) is 7.51. The van der Waals surface area contributed by atoms with Crippen molar-refractivity contribution in [3.8, 4) is 11.3 Å². The SMILES string of the molecule is Brc1cnc2c(c1)c(-c1ccn(CCc3ccccc3)n1)cn2SI. The van der Waals surface area contributed by atoms with Crippen LogP contribution in [0.2, 0.25) is 0 Å². The van der Waals surface area contributed by atoms with Crippen molar-refractivity contribution < 1.29 is 0 Å². The van der Waals surface area contributed by atoms with Gasteiger partial charge < -0.3 is 0 Å². The van der Waals surface area contributed by atoms with Crippen LogP contribution in [-0.2, 0) is 13.0 Å². The van der Waals surface area contributed by atoms with Crippen LogP contribution in [0, 0.1) is 0 Å². The molecule has 3 aromatic heterocycles. The first-order chi connectivity index (χ1) is 12.2. The summed E-state index contributed by atoms with van der Waals surface area (Å²) in [5.74, 6) is 0. The van der Waals surface area contributed by atoms with Gasteiger partial charge in [-0.1, -0.05) is 30.3 Å². The summed E-state index contributed by atoms with van der Waals surface area (Å²) in [7, 11) is 1.61. The van der Waals surface area contributed by atoms with E-state index in [1.807, 2.05) is 23.1 Å². The third-order valence-electron chi connectivity index (χ3n) is 4.04. The minimum Gasteiger partial charge on any atom is -0.272 e. The second-order valence-electron chi connectivity index (χ2n) is 5.66. The molecule has 0 radical (unpaired) electrons. The fraction of sp³-hybridized carbons (Fsp3) is 0.111. The van der Waals surface area contributed by atoms with Gasteiger partial charge in [0.2, 0.25) is 0 Å². The van der Waals surface area contributed by atoms with Crippen molar-refractivity contribution in [2.24, 2.45) is 0 Å². The summed E-state index contributed by atoms with van der Waals surface area (Å²) >= 11 is 5.79. The normalized spacial score (nSPS) is 11.3. The zero-order chi connectivity index (χ0) is 17.2. The third-order valence-corrected chi connectivity index (χ3v) is 6.18. The highest BCUT2D eigenvalue weighted by molar-refractivity contribution is 14.2. The molecule has 0 saturated carbocycles. The van der Waals surface area contributed by atoms with Crippen molar-refractivity contribution in [3.63, 3.8) is 0 Å². The Labute approximate surface area is 170 Å². The molecule has 1 aromatic carbocycles. The Morgan fingerprint density at radius 2 is 2.00 bits per heavy atom. The maximum Gasteiger partial charge on any atom is 0.151 e. The van der Waals surface area contributed by atoms with E-state index in [-0.39, 0.29) is 0 Å². The maximum atomic E-state index is 4.77. The maximum absolute atomic E-state index is 4.77. The Kier molecular flexibility index (Phi) is 5.14. The molecule has 0 aliphatic carbocycles. The standard InChI is InChI=1S/C18H14BrIN4S/c19-14-10-15-16(12-24(25-20)18(15)21-11-14)17-7-9-23(22-17)8-6-13-4-2-1-3-5-13/h1-5,7,9-12H,6,8H2. The van der Waals surface area contributed by atoms with Crippen molar-refractivity contribution >= 4 is 57.3 Å². The highest BCUT2D eigenvalue weighted by atomic mass is 127. The van der Waals surface area contributed by atoms with E-state index in [0.29, 0.717) is 0 Å². The molecule has 0 aliphatic heterocycles. The zero-order valence-corrected chi connectivity index (χ0v) is 17.7. The Hall–Kier alpha value is -1.32. The summed E-state index contributed by atoms with van der Waals surface area (Å²) in [6.07, 6.45) is 6.95. The first-order valence-corrected chi connectivity index (χ1v) is 11.9. The van der Waals surface area contributed by atoms with Crippen LogP contribution < -0.4 is 0 Å². The molecule has 0 amide bonds. The summed E-state index contributed by atoms with van der Waals surface area (Å²) in [5, 5.41) is 5.88. The molecule has 0 bridgehead atoms. The van der Waals surface area contributed by atoms with Crippen LogP contribution in [0.3, 0.4) is 0 Å². The molecule has 0 aliphatic rings. The van der Waals surface area contributed by atoms with Crippen LogP contribution in [-0.4, -0.2) is 18.7 Å². The number of aryl methyl sites for hydroxylation is 2. The fourth-order valence-electron chi connectivity index (χ4n) is 2.83. The van der Waals surface area contributed by atoms with E-state index in [1.54, 1.807) is 9.12 Å². The number of pyridine rings is 1. The molecule has 4 nitrogen and oxygen atoms in total. The Morgan fingerprint density at radius 3 is 2.80 bits per heavy atom. The first-order valence-electron chi connectivity index (χ1n) is 7.78. The zero-order valence-electron chi connectivity index (χ0n) is 13.1. The van der Waals surface area contributed by atoms with E-state index in [9.17, 15) is 0 Å². The van der Waals surface area contributed by atoms with Crippen molar-refractivity contribution in [1.29, 1.82) is 0 Å². The van der Waals surface area contributed by atoms with E-state index in [4.69, 9.17) is 5.10 Å². The lowest BCUT2D eigenvalue weighted by Gasteiger charge is -2.02. The van der Waals surface area contributed by atoms with Gasteiger partial charge in [0, 0.05) is 70.9 Å². The molecule has 4 rings (SSSR count). The molecule has 0 atom stereocenters. The van der Waals surface area contributed by atoms with Gasteiger partial charge >= 0.3 is 0 Å². The highest BCUT2D eigenvalue weighted by Crippen LogP contribution is 2.34. The van der Waals surface area contributed by atoms with E-state index in [0.717, 1.165) is 39.7 Å². The molecule has 0 saturated heterocycles. The molecule has 0 N–H and O–H groups in total. The third kappa shape index (κ3) is 3.63. The largest absolute Gasteiger partial charge is 0.272 e. The molecule has 3 heterocycles. The van der Waals surface area contributed by atoms with Gasteiger partial charge in [-0.2, -0.15) is 5.10 Å². The summed E-state index contributed by atoms with van der Waals surface area (Å²) in [5.41, 5.74) is 4.36. The molecular formula is C18H14BrIN4S. The predicted octanol–water partition coefficient (Wildman–Crippen LogP) is 5.75. The molecule has 25 heavy (non-hydrogen) atoms. The highest BCUT2D eigenvalue weighted by Gasteiger charge is 2.14. The van der Waals surface area contributed by atoms with Crippen LogP contribution in [0.1, 0.15) is 5.56 Å². The number of fused-ring (bicyclic) bond motifs is 1. The van der Waals surface area contributed by atoms with Crippen LogP contribution in [0.25, 0.3) is 22.3 Å². The fourth-order valence-corrected chi connectivity index (χ4v) is 4.42. The van der Waals surface area contributed by atoms with Gasteiger partial charge in [-0.25, -0.2) is 4.98 Å². The van der Waals surface area contributed by atoms with Gasteiger partial charge in [-0.15, -0.1) is 0 Å². The summed E-state index contributed by atoms with van der Waals surface area (Å²) < 4.78 is 5.05. The van der Waals surface area contributed by atoms with Crippen molar-refractivity contribution in [1.82, 2.24) is 18.7 Å². The minimum absolute atomic E-state index is 0.867. The van der Waals surface area contributed by atoms with Gasteiger partial charge in [-0.3, -0.25) is 8.65 Å². The quantitative estimate of drug-likeness (QED) is 0.312. The van der Waals surface area contributed by atoms with Crippen LogP contribution in [0.15, 0.2) is 65.5 Å². The predicted molar refractivity (Wildman–Crippen MR) is 116 cm³/mol. The minimum atomic E-state index is 0.867. The summed E-state index contributed by atoms with van der Waals surface area (Å²) in [6, 6.07) is 14.7. The number of hydrogen-bond donors (Lipinski definition) is 0. The molecule has 0 unspecified atom stereocenters. The van der Waals surface area contributed by atoms with Crippen molar-refractivity contribution in [3.05, 3.63) is 71.1 Å². The van der Waals surface area contributed by atoms with E-state index in [2.05, 4.69) is 88.7 Å². The average Bonchev–Trinajstić information content (AvgIpc) is 3.24. The lowest BCUT2D eigenvalue weighted by molar-refractivity contribution is 0.617. The van der Waals surface area contributed by atoms with E-state index in [1.165, 1.54) is 5.56 Å².